The number of piperazine rings is 1. The van der Waals surface area contributed by atoms with Gasteiger partial charge in [0.25, 0.3) is 0 Å². The average Bonchev–Trinajstić information content (AvgIpc) is 3.71. The summed E-state index contributed by atoms with van der Waals surface area (Å²) in [5.74, 6) is -0.0952. The lowest BCUT2D eigenvalue weighted by atomic mass is 10.0. The number of hydrogen-bond donors (Lipinski definition) is 3. The van der Waals surface area contributed by atoms with E-state index in [0.717, 1.165) is 76.8 Å². The van der Waals surface area contributed by atoms with Gasteiger partial charge >= 0.3 is 0 Å². The molecule has 0 radical (unpaired) electrons. The smallest absolute Gasteiger partial charge is 0.214 e. The number of aryl methyl sites for hydroxylation is 1. The molecule has 2 unspecified atom stereocenters. The van der Waals surface area contributed by atoms with Gasteiger partial charge in [-0.25, -0.2) is 13.8 Å². The van der Waals surface area contributed by atoms with Gasteiger partial charge < -0.3 is 35.4 Å². The summed E-state index contributed by atoms with van der Waals surface area (Å²) in [6, 6.07) is 22.4. The number of para-hydroxylation sites is 1. The highest BCUT2D eigenvalue weighted by Crippen LogP contribution is 2.23. The van der Waals surface area contributed by atoms with Crippen LogP contribution in [0.25, 0.3) is 0 Å². The molecular formula is C41H61F2N7O5. The van der Waals surface area contributed by atoms with Crippen LogP contribution in [0.1, 0.15) is 60.3 Å². The molecule has 304 valence electrons. The second-order valence-corrected chi connectivity index (χ2v) is 12.5. The van der Waals surface area contributed by atoms with Crippen LogP contribution in [-0.2, 0) is 16.1 Å². The highest BCUT2D eigenvalue weighted by atomic mass is 19.1. The van der Waals surface area contributed by atoms with E-state index in [9.17, 15) is 13.6 Å². The van der Waals surface area contributed by atoms with E-state index in [2.05, 4.69) is 92.5 Å². The van der Waals surface area contributed by atoms with Crippen LogP contribution in [0.3, 0.4) is 0 Å². The number of nitrogens with two attached hydrogens (primary N) is 1. The molecular weight excluding hydrogens is 708 g/mol. The number of anilines is 2. The van der Waals surface area contributed by atoms with Crippen LogP contribution >= 0.6 is 0 Å². The molecule has 55 heavy (non-hydrogen) atoms. The molecule has 4 aromatic rings. The monoisotopic (exact) mass is 769 g/mol. The summed E-state index contributed by atoms with van der Waals surface area (Å²) < 4.78 is 38.4. The second-order valence-electron chi connectivity index (χ2n) is 12.5. The predicted octanol–water partition coefficient (Wildman–Crippen LogP) is 6.48. The highest BCUT2D eigenvalue weighted by molar-refractivity contribution is 5.70. The van der Waals surface area contributed by atoms with E-state index >= 15 is 0 Å². The molecule has 2 heterocycles. The summed E-state index contributed by atoms with van der Waals surface area (Å²) >= 11 is 0. The molecule has 1 aliphatic rings. The van der Waals surface area contributed by atoms with Crippen molar-refractivity contribution in [3.8, 4) is 11.5 Å². The van der Waals surface area contributed by atoms with Crippen LogP contribution in [0, 0.1) is 17.6 Å². The number of nitrogens with zero attached hydrogens (tertiary/aromatic N) is 5. The number of aliphatic hydroxyl groups excluding tert-OH is 1. The Kier molecular flexibility index (Phi) is 25.3. The summed E-state index contributed by atoms with van der Waals surface area (Å²) in [4.78, 5) is 27.0. The zero-order valence-corrected chi connectivity index (χ0v) is 33.2. The molecule has 2 amide bonds. The maximum atomic E-state index is 13.2. The van der Waals surface area contributed by atoms with Gasteiger partial charge in [0.05, 0.1) is 19.3 Å². The lowest BCUT2D eigenvalue weighted by Crippen LogP contribution is -2.46. The Morgan fingerprint density at radius 3 is 1.96 bits per heavy atom. The third-order valence-corrected chi connectivity index (χ3v) is 8.15. The number of nitrogens with one attached hydrogen (secondary N) is 1. The van der Waals surface area contributed by atoms with Gasteiger partial charge in [0.1, 0.15) is 24.2 Å². The first kappa shape index (κ1) is 47.8. The lowest BCUT2D eigenvalue weighted by Gasteiger charge is -2.37. The molecule has 1 aliphatic heterocycles. The van der Waals surface area contributed by atoms with Crippen LogP contribution in [0.4, 0.5) is 20.2 Å². The number of carbonyl (C=O) groups excluding carboxylic acids is 2. The summed E-state index contributed by atoms with van der Waals surface area (Å²) in [6.45, 7) is 15.5. The number of aliphatic hydroxyl groups is 1. The van der Waals surface area contributed by atoms with E-state index in [1.165, 1.54) is 36.8 Å². The van der Waals surface area contributed by atoms with Crippen molar-refractivity contribution in [1.29, 1.82) is 0 Å². The minimum Gasteiger partial charge on any atom is -0.494 e. The highest BCUT2D eigenvalue weighted by Gasteiger charge is 2.17. The van der Waals surface area contributed by atoms with Crippen molar-refractivity contribution in [2.24, 2.45) is 11.7 Å². The molecule has 3 aromatic carbocycles. The van der Waals surface area contributed by atoms with E-state index in [-0.39, 0.29) is 17.8 Å². The maximum Gasteiger partial charge on any atom is 0.214 e. The van der Waals surface area contributed by atoms with Gasteiger partial charge in [-0.1, -0.05) is 38.5 Å². The first-order valence-corrected chi connectivity index (χ1v) is 18.7. The second kappa shape index (κ2) is 29.2. The largest absolute Gasteiger partial charge is 0.494 e. The SMILES string of the molecule is CC(N)=O.CCC(C)C(C)O.CCOc1ccc(N2CCN(c3ccccc3)CC2)cc1.CNC=O.Fc1ccc(OCCCCCn2cncn2)c(F)c1. The van der Waals surface area contributed by atoms with Crippen LogP contribution in [0.5, 0.6) is 11.5 Å². The molecule has 0 saturated carbocycles. The summed E-state index contributed by atoms with van der Waals surface area (Å²) in [7, 11) is 1.56. The molecule has 2 atom stereocenters. The lowest BCUT2D eigenvalue weighted by molar-refractivity contribution is -0.116. The Morgan fingerprint density at radius 1 is 0.927 bits per heavy atom. The van der Waals surface area contributed by atoms with Gasteiger partial charge in [-0.2, -0.15) is 5.10 Å². The summed E-state index contributed by atoms with van der Waals surface area (Å²) in [5.41, 5.74) is 7.08. The number of amides is 2. The number of rotatable bonds is 14. The number of ether oxygens (including phenoxy) is 2. The van der Waals surface area contributed by atoms with Gasteiger partial charge in [0.2, 0.25) is 12.3 Å². The Morgan fingerprint density at radius 2 is 1.51 bits per heavy atom. The number of benzene rings is 3. The number of unbranched alkanes of at least 4 members (excludes halogenated alkanes) is 2. The van der Waals surface area contributed by atoms with Crippen LogP contribution in [0.15, 0.2) is 85.5 Å². The van der Waals surface area contributed by atoms with E-state index in [0.29, 0.717) is 18.9 Å². The van der Waals surface area contributed by atoms with Gasteiger partial charge in [-0.3, -0.25) is 14.3 Å². The standard InChI is InChI=1S/C18H22N2O.C13H15F2N3O.C6H14O.2C2H5NO/c1-2-21-18-10-8-17(9-11-18)20-14-12-19(13-15-20)16-6-4-3-5-7-16;14-11-4-5-13(12(15)8-11)19-7-3-1-2-6-18-10-16-9-17-18;1-4-5(2)6(3)7;1-3-2-4;1-2(3)4/h3-11H,2,12-15H2,1H3;4-5,8-10H,1-3,6-7H2;5-7H,4H2,1-3H3;2H,1H3,(H,3,4);1H3,(H2,3,4). The fraction of sp³-hybridized carbons (Fsp3) is 0.463. The first-order valence-electron chi connectivity index (χ1n) is 18.7. The van der Waals surface area contributed by atoms with Crippen molar-refractivity contribution >= 4 is 23.7 Å². The fourth-order valence-corrected chi connectivity index (χ4v) is 4.80. The van der Waals surface area contributed by atoms with Crippen LogP contribution in [0.2, 0.25) is 0 Å². The molecule has 14 heteroatoms. The van der Waals surface area contributed by atoms with Gasteiger partial charge in [-0.05, 0) is 87.6 Å². The molecule has 1 saturated heterocycles. The zero-order chi connectivity index (χ0) is 40.8. The third kappa shape index (κ3) is 21.9. The molecule has 1 aromatic heterocycles. The normalized spacial score (nSPS) is 12.7. The fourth-order valence-electron chi connectivity index (χ4n) is 4.80. The van der Waals surface area contributed by atoms with Crippen molar-refractivity contribution in [1.82, 2.24) is 20.1 Å². The average molecular weight is 770 g/mol. The van der Waals surface area contributed by atoms with Crippen molar-refractivity contribution in [3.63, 3.8) is 0 Å². The number of aromatic nitrogens is 3. The minimum absolute atomic E-state index is 0.0951. The number of halogens is 2. The van der Waals surface area contributed by atoms with E-state index in [1.54, 1.807) is 18.1 Å². The molecule has 4 N–H and O–H groups in total. The van der Waals surface area contributed by atoms with E-state index in [1.807, 2.05) is 20.8 Å². The van der Waals surface area contributed by atoms with Crippen LogP contribution in [-0.4, -0.2) is 84.7 Å². The Bertz CT molecular complexity index is 1540. The van der Waals surface area contributed by atoms with Crippen molar-refractivity contribution < 1.29 is 33.0 Å². The van der Waals surface area contributed by atoms with Crippen molar-refractivity contribution in [2.45, 2.75) is 73.0 Å². The molecule has 0 bridgehead atoms. The van der Waals surface area contributed by atoms with E-state index in [4.69, 9.17) is 19.4 Å². The minimum atomic E-state index is -0.664. The maximum absolute atomic E-state index is 13.2. The topological polar surface area (TPSA) is 148 Å². The number of carbonyl (C=O) groups is 2. The molecule has 1 fully saturated rings. The summed E-state index contributed by atoms with van der Waals surface area (Å²) in [5, 5.41) is 15.1. The molecule has 12 nitrogen and oxygen atoms in total. The van der Waals surface area contributed by atoms with Gasteiger partial charge in [0.15, 0.2) is 11.6 Å². The molecule has 5 rings (SSSR count). The van der Waals surface area contributed by atoms with Crippen molar-refractivity contribution in [2.75, 3.05) is 56.2 Å². The Hall–Kier alpha value is -5.24. The van der Waals surface area contributed by atoms with Crippen molar-refractivity contribution in [3.05, 3.63) is 97.1 Å². The summed E-state index contributed by atoms with van der Waals surface area (Å²) in [6.07, 6.45) is 7.44. The van der Waals surface area contributed by atoms with Gasteiger partial charge in [0, 0.05) is 64.1 Å². The Labute approximate surface area is 325 Å². The number of primary amides is 1. The van der Waals surface area contributed by atoms with Gasteiger partial charge in [-0.15, -0.1) is 0 Å². The zero-order valence-electron chi connectivity index (χ0n) is 33.2. The number of hydrogen-bond acceptors (Lipinski definition) is 9. The first-order chi connectivity index (χ1) is 26.4. The predicted molar refractivity (Wildman–Crippen MR) is 215 cm³/mol. The van der Waals surface area contributed by atoms with E-state index < -0.39 is 11.6 Å². The molecule has 0 spiro atoms. The Balaban J connectivity index is 0.000000406. The quantitative estimate of drug-likeness (QED) is 0.0968. The third-order valence-electron chi connectivity index (χ3n) is 8.15. The molecule has 0 aliphatic carbocycles. The van der Waals surface area contributed by atoms with Crippen LogP contribution < -0.4 is 30.3 Å².